The van der Waals surface area contributed by atoms with Gasteiger partial charge in [-0.3, -0.25) is 19.5 Å². The molecule has 0 atom stereocenters. The fraction of sp³-hybridized carbons (Fsp3) is 0.150. The number of aromatic amines is 2. The standard InChI is InChI=1S/C20H10ClF6N3O3/c21-11-1-2-12-13(6-11)28-15-14(16(12)31)18(33)30(29-17(15)32)7-8-3-9(19(22,23)24)5-10(4-8)20(25,26)27/h1-6H,7H2,(H,28,31)(H,29,32). The zero-order valence-electron chi connectivity index (χ0n) is 16.0. The largest absolute Gasteiger partial charge is 0.416 e. The molecule has 6 nitrogen and oxygen atoms in total. The van der Waals surface area contributed by atoms with Crippen molar-refractivity contribution >= 4 is 33.4 Å². The van der Waals surface area contributed by atoms with E-state index < -0.39 is 63.0 Å². The van der Waals surface area contributed by atoms with E-state index in [1.165, 1.54) is 18.2 Å². The maximum atomic E-state index is 13.1. The minimum Gasteiger partial charge on any atom is -0.350 e. The van der Waals surface area contributed by atoms with E-state index in [0.717, 1.165) is 0 Å². The average molecular weight is 490 g/mol. The van der Waals surface area contributed by atoms with Crippen molar-refractivity contribution in [1.29, 1.82) is 0 Å². The van der Waals surface area contributed by atoms with Crippen molar-refractivity contribution in [3.05, 3.63) is 89.0 Å². The third-order valence-corrected chi connectivity index (χ3v) is 5.11. The third kappa shape index (κ3) is 4.13. The van der Waals surface area contributed by atoms with Crippen molar-refractivity contribution in [2.24, 2.45) is 0 Å². The van der Waals surface area contributed by atoms with Gasteiger partial charge in [0.2, 0.25) is 5.43 Å². The van der Waals surface area contributed by atoms with Gasteiger partial charge < -0.3 is 4.98 Å². The second-order valence-electron chi connectivity index (χ2n) is 7.14. The molecule has 0 unspecified atom stereocenters. The lowest BCUT2D eigenvalue weighted by Crippen LogP contribution is -2.34. The molecule has 0 amide bonds. The van der Waals surface area contributed by atoms with Gasteiger partial charge >= 0.3 is 12.4 Å². The molecule has 0 saturated heterocycles. The molecule has 0 spiro atoms. The van der Waals surface area contributed by atoms with E-state index in [2.05, 4.69) is 10.1 Å². The molecule has 4 rings (SSSR count). The van der Waals surface area contributed by atoms with Crippen molar-refractivity contribution in [3.8, 4) is 0 Å². The van der Waals surface area contributed by atoms with E-state index in [1.807, 2.05) is 0 Å². The predicted molar refractivity (Wildman–Crippen MR) is 108 cm³/mol. The first-order valence-electron chi connectivity index (χ1n) is 9.02. The van der Waals surface area contributed by atoms with Crippen LogP contribution in [0, 0.1) is 0 Å². The minimum atomic E-state index is -5.09. The van der Waals surface area contributed by atoms with Crippen LogP contribution in [0.5, 0.6) is 0 Å². The molecule has 0 bridgehead atoms. The van der Waals surface area contributed by atoms with Gasteiger partial charge in [0.15, 0.2) is 0 Å². The Balaban J connectivity index is 1.94. The number of pyridine rings is 1. The van der Waals surface area contributed by atoms with Crippen LogP contribution in [0.15, 0.2) is 50.8 Å². The quantitative estimate of drug-likeness (QED) is 0.326. The van der Waals surface area contributed by atoms with Gasteiger partial charge in [-0.25, -0.2) is 4.68 Å². The molecule has 0 saturated carbocycles. The summed E-state index contributed by atoms with van der Waals surface area (Å²) in [6.07, 6.45) is -10.2. The number of rotatable bonds is 2. The first kappa shape index (κ1) is 22.6. The molecule has 2 N–H and O–H groups in total. The molecular formula is C20H10ClF6N3O3. The number of hydrogen-bond donors (Lipinski definition) is 2. The van der Waals surface area contributed by atoms with Crippen molar-refractivity contribution < 1.29 is 26.3 Å². The van der Waals surface area contributed by atoms with Gasteiger partial charge in [-0.05, 0) is 42.0 Å². The van der Waals surface area contributed by atoms with Crippen LogP contribution in [-0.4, -0.2) is 14.8 Å². The van der Waals surface area contributed by atoms with E-state index in [4.69, 9.17) is 11.6 Å². The topological polar surface area (TPSA) is 87.7 Å². The highest BCUT2D eigenvalue weighted by atomic mass is 35.5. The van der Waals surface area contributed by atoms with Gasteiger partial charge in [0.05, 0.1) is 23.2 Å². The summed E-state index contributed by atoms with van der Waals surface area (Å²) in [6.45, 7) is -0.852. The number of nitrogens with zero attached hydrogens (tertiary/aromatic N) is 1. The fourth-order valence-corrected chi connectivity index (χ4v) is 3.58. The second kappa shape index (κ2) is 7.51. The molecule has 2 heterocycles. The summed E-state index contributed by atoms with van der Waals surface area (Å²) in [5, 5.41) is 1.73. The third-order valence-electron chi connectivity index (χ3n) is 4.87. The van der Waals surface area contributed by atoms with Gasteiger partial charge in [0.25, 0.3) is 11.1 Å². The number of H-pyrrole nitrogens is 2. The summed E-state index contributed by atoms with van der Waals surface area (Å²) in [5.41, 5.74) is -6.89. The lowest BCUT2D eigenvalue weighted by atomic mass is 10.0. The Morgan fingerprint density at radius 2 is 1.48 bits per heavy atom. The Kier molecular flexibility index (Phi) is 5.15. The number of fused-ring (bicyclic) bond motifs is 2. The molecule has 2 aromatic heterocycles. The molecule has 13 heteroatoms. The summed E-state index contributed by atoms with van der Waals surface area (Å²) >= 11 is 5.86. The lowest BCUT2D eigenvalue weighted by molar-refractivity contribution is -0.143. The van der Waals surface area contributed by atoms with Crippen LogP contribution in [0.4, 0.5) is 26.3 Å². The molecule has 0 radical (unpaired) electrons. The fourth-order valence-electron chi connectivity index (χ4n) is 3.41. The molecule has 172 valence electrons. The minimum absolute atomic E-state index is 0.0135. The van der Waals surface area contributed by atoms with Gasteiger partial charge in [0.1, 0.15) is 10.9 Å². The van der Waals surface area contributed by atoms with Crippen LogP contribution in [0.25, 0.3) is 21.8 Å². The Bertz CT molecular complexity index is 1570. The van der Waals surface area contributed by atoms with Gasteiger partial charge in [-0.1, -0.05) is 11.6 Å². The predicted octanol–water partition coefficient (Wildman–Crippen LogP) is 4.27. The van der Waals surface area contributed by atoms with Crippen LogP contribution in [-0.2, 0) is 18.9 Å². The normalized spacial score (nSPS) is 12.6. The molecule has 0 aliphatic carbocycles. The molecule has 33 heavy (non-hydrogen) atoms. The maximum Gasteiger partial charge on any atom is 0.416 e. The Labute approximate surface area is 183 Å². The van der Waals surface area contributed by atoms with E-state index in [0.29, 0.717) is 16.8 Å². The first-order valence-corrected chi connectivity index (χ1v) is 9.40. The smallest absolute Gasteiger partial charge is 0.350 e. The monoisotopic (exact) mass is 489 g/mol. The Morgan fingerprint density at radius 1 is 0.879 bits per heavy atom. The average Bonchev–Trinajstić information content (AvgIpc) is 2.70. The van der Waals surface area contributed by atoms with Gasteiger partial charge in [0, 0.05) is 10.4 Å². The summed E-state index contributed by atoms with van der Waals surface area (Å²) in [4.78, 5) is 40.8. The first-order chi connectivity index (χ1) is 15.3. The second-order valence-corrected chi connectivity index (χ2v) is 7.58. The van der Waals surface area contributed by atoms with Crippen LogP contribution >= 0.6 is 11.6 Å². The zero-order valence-corrected chi connectivity index (χ0v) is 16.7. The molecule has 4 aromatic rings. The summed E-state index contributed by atoms with van der Waals surface area (Å²) in [7, 11) is 0. The van der Waals surface area contributed by atoms with Crippen molar-refractivity contribution in [2.75, 3.05) is 0 Å². The number of benzene rings is 2. The number of alkyl halides is 6. The van der Waals surface area contributed by atoms with Crippen molar-refractivity contribution in [2.45, 2.75) is 18.9 Å². The van der Waals surface area contributed by atoms with Crippen LogP contribution in [0.3, 0.4) is 0 Å². The SMILES string of the molecule is O=c1[nH]n(Cc2cc(C(F)(F)F)cc(C(F)(F)F)c2)c(=O)c2c(=O)c3ccc(Cl)cc3[nH]c12. The number of hydrogen-bond acceptors (Lipinski definition) is 3. The highest BCUT2D eigenvalue weighted by molar-refractivity contribution is 6.31. The Morgan fingerprint density at radius 3 is 2.06 bits per heavy atom. The molecule has 0 fully saturated rings. The van der Waals surface area contributed by atoms with Crippen molar-refractivity contribution in [3.63, 3.8) is 0 Å². The summed E-state index contributed by atoms with van der Waals surface area (Å²) in [6, 6.07) is 4.83. The number of halogens is 7. The van der Waals surface area contributed by atoms with Crippen molar-refractivity contribution in [1.82, 2.24) is 14.8 Å². The van der Waals surface area contributed by atoms with E-state index in [9.17, 15) is 40.7 Å². The Hall–Kier alpha value is -3.54. The summed E-state index contributed by atoms with van der Waals surface area (Å²) < 4.78 is 79.1. The van der Waals surface area contributed by atoms with Crippen LogP contribution in [0.1, 0.15) is 16.7 Å². The van der Waals surface area contributed by atoms with Gasteiger partial charge in [-0.2, -0.15) is 26.3 Å². The van der Waals surface area contributed by atoms with E-state index in [-0.39, 0.29) is 22.0 Å². The highest BCUT2D eigenvalue weighted by Crippen LogP contribution is 2.36. The van der Waals surface area contributed by atoms with Crippen LogP contribution < -0.4 is 16.5 Å². The lowest BCUT2D eigenvalue weighted by Gasteiger charge is -2.15. The highest BCUT2D eigenvalue weighted by Gasteiger charge is 2.37. The number of aromatic nitrogens is 3. The summed E-state index contributed by atoms with van der Waals surface area (Å²) in [5.74, 6) is 0. The molecule has 0 aliphatic rings. The number of nitrogens with one attached hydrogen (secondary N) is 2. The van der Waals surface area contributed by atoms with Gasteiger partial charge in [-0.15, -0.1) is 0 Å². The van der Waals surface area contributed by atoms with Crippen LogP contribution in [0.2, 0.25) is 5.02 Å². The molecule has 0 aliphatic heterocycles. The van der Waals surface area contributed by atoms with E-state index in [1.54, 1.807) is 0 Å². The zero-order chi connectivity index (χ0) is 24.3. The van der Waals surface area contributed by atoms with E-state index >= 15 is 0 Å². The maximum absolute atomic E-state index is 13.1. The molecule has 2 aromatic carbocycles. The molecular weight excluding hydrogens is 480 g/mol.